The number of carbonyl (C=O) groups is 3. The number of fused-ring (bicyclic) bond motifs is 3. The minimum atomic E-state index is -0.867. The van der Waals surface area contributed by atoms with Crippen molar-refractivity contribution in [3.63, 3.8) is 0 Å². The summed E-state index contributed by atoms with van der Waals surface area (Å²) in [6.07, 6.45) is 1.37. The van der Waals surface area contributed by atoms with Gasteiger partial charge in [0.05, 0.1) is 17.1 Å². The number of carbonyl (C=O) groups excluding carboxylic acids is 3. The second-order valence-corrected chi connectivity index (χ2v) is 10.4. The van der Waals surface area contributed by atoms with Crippen LogP contribution >= 0.6 is 11.6 Å². The quantitative estimate of drug-likeness (QED) is 0.378. The van der Waals surface area contributed by atoms with E-state index in [4.69, 9.17) is 31.5 Å². The van der Waals surface area contributed by atoms with Crippen molar-refractivity contribution in [2.75, 3.05) is 19.8 Å². The fourth-order valence-electron chi connectivity index (χ4n) is 5.17. The lowest BCUT2D eigenvalue weighted by Gasteiger charge is -2.57. The zero-order valence-electron chi connectivity index (χ0n) is 21.4. The van der Waals surface area contributed by atoms with Gasteiger partial charge in [-0.1, -0.05) is 17.7 Å². The van der Waals surface area contributed by atoms with E-state index in [1.54, 1.807) is 19.1 Å². The van der Waals surface area contributed by atoms with Crippen LogP contribution in [0.1, 0.15) is 37.7 Å². The molecule has 12 heteroatoms. The number of aryl methyl sites for hydroxylation is 1. The normalized spacial score (nSPS) is 23.6. The maximum atomic E-state index is 13.8. The third-order valence-corrected chi connectivity index (χ3v) is 7.61. The van der Waals surface area contributed by atoms with E-state index in [-0.39, 0.29) is 42.7 Å². The smallest absolute Gasteiger partial charge is 0.320 e. The Balaban J connectivity index is 1.38. The first-order chi connectivity index (χ1) is 18.5. The molecule has 0 saturated heterocycles. The van der Waals surface area contributed by atoms with E-state index in [0.717, 1.165) is 6.07 Å². The van der Waals surface area contributed by atoms with Crippen LogP contribution in [0.3, 0.4) is 0 Å². The molecule has 0 aliphatic heterocycles. The molecule has 39 heavy (non-hydrogen) atoms. The average Bonchev–Trinajstić information content (AvgIpc) is 2.91. The Labute approximate surface area is 229 Å². The lowest BCUT2D eigenvalue weighted by Crippen LogP contribution is -2.71. The summed E-state index contributed by atoms with van der Waals surface area (Å²) in [5.41, 5.74) is 4.37. The maximum absolute atomic E-state index is 13.8. The van der Waals surface area contributed by atoms with Gasteiger partial charge in [0.2, 0.25) is 0 Å². The molecule has 2 aromatic carbocycles. The standard InChI is InChI=1S/C27H30ClF2N3O6/c1-16-2-3-17(10-20(16)29)38-15-24(35)33-27-8-6-26(7-9-27,12-22(27)39-25(36)13-31)32-23(34)14-37-18-4-5-19(28)21(30)11-18/h2-5,10-11,22H,6-9,12-15,31H2,1H3,(H,32,34)(H,33,35)/t22-,26?,27?/m1/s1. The number of esters is 1. The molecular weight excluding hydrogens is 536 g/mol. The summed E-state index contributed by atoms with van der Waals surface area (Å²) >= 11 is 5.67. The Morgan fingerprint density at radius 2 is 1.54 bits per heavy atom. The van der Waals surface area contributed by atoms with Crippen LogP contribution < -0.4 is 25.8 Å². The highest BCUT2D eigenvalue weighted by Gasteiger charge is 2.57. The van der Waals surface area contributed by atoms with Crippen LogP contribution in [-0.4, -0.2) is 54.7 Å². The van der Waals surface area contributed by atoms with Gasteiger partial charge < -0.3 is 30.6 Å². The molecule has 4 N–H and O–H groups in total. The van der Waals surface area contributed by atoms with Crippen molar-refractivity contribution in [3.8, 4) is 11.5 Å². The largest absolute Gasteiger partial charge is 0.484 e. The highest BCUT2D eigenvalue weighted by Crippen LogP contribution is 2.48. The van der Waals surface area contributed by atoms with Gasteiger partial charge in [-0.05, 0) is 56.4 Å². The van der Waals surface area contributed by atoms with Crippen molar-refractivity contribution in [1.29, 1.82) is 0 Å². The fraction of sp³-hybridized carbons (Fsp3) is 0.444. The highest BCUT2D eigenvalue weighted by atomic mass is 35.5. The number of halogens is 3. The van der Waals surface area contributed by atoms with Crippen LogP contribution in [0.4, 0.5) is 8.78 Å². The van der Waals surface area contributed by atoms with Gasteiger partial charge >= 0.3 is 5.97 Å². The van der Waals surface area contributed by atoms with Crippen LogP contribution in [-0.2, 0) is 19.1 Å². The second kappa shape index (κ2) is 11.7. The molecule has 3 saturated carbocycles. The van der Waals surface area contributed by atoms with Gasteiger partial charge in [-0.15, -0.1) is 0 Å². The molecule has 3 aliphatic rings. The maximum Gasteiger partial charge on any atom is 0.320 e. The zero-order valence-corrected chi connectivity index (χ0v) is 22.1. The first-order valence-electron chi connectivity index (χ1n) is 12.5. The van der Waals surface area contributed by atoms with E-state index < -0.39 is 46.6 Å². The van der Waals surface area contributed by atoms with E-state index in [0.29, 0.717) is 31.2 Å². The predicted molar refractivity (Wildman–Crippen MR) is 137 cm³/mol. The van der Waals surface area contributed by atoms with Crippen molar-refractivity contribution >= 4 is 29.4 Å². The number of hydrogen-bond donors (Lipinski definition) is 3. The van der Waals surface area contributed by atoms with Crippen LogP contribution in [0.5, 0.6) is 11.5 Å². The molecule has 3 fully saturated rings. The van der Waals surface area contributed by atoms with Crippen LogP contribution in [0.25, 0.3) is 0 Å². The first kappa shape index (κ1) is 28.6. The van der Waals surface area contributed by atoms with Gasteiger partial charge in [-0.25, -0.2) is 8.78 Å². The molecular formula is C27H30ClF2N3O6. The van der Waals surface area contributed by atoms with Crippen molar-refractivity contribution in [2.24, 2.45) is 5.73 Å². The van der Waals surface area contributed by atoms with Crippen LogP contribution in [0.15, 0.2) is 36.4 Å². The fourth-order valence-corrected chi connectivity index (χ4v) is 5.28. The Morgan fingerprint density at radius 3 is 2.13 bits per heavy atom. The lowest BCUT2D eigenvalue weighted by atomic mass is 9.59. The van der Waals surface area contributed by atoms with Crippen molar-refractivity contribution in [2.45, 2.75) is 56.2 Å². The molecule has 210 valence electrons. The third kappa shape index (κ3) is 6.77. The number of benzene rings is 2. The van der Waals surface area contributed by atoms with Crippen molar-refractivity contribution < 1.29 is 37.4 Å². The second-order valence-electron chi connectivity index (χ2n) is 9.98. The number of hydrogen-bond acceptors (Lipinski definition) is 7. The topological polar surface area (TPSA) is 129 Å². The summed E-state index contributed by atoms with van der Waals surface area (Å²) in [4.78, 5) is 37.7. The highest BCUT2D eigenvalue weighted by molar-refractivity contribution is 6.30. The molecule has 2 bridgehead atoms. The van der Waals surface area contributed by atoms with Gasteiger partial charge in [0.1, 0.15) is 29.2 Å². The molecule has 3 aliphatic carbocycles. The summed E-state index contributed by atoms with van der Waals surface area (Å²) in [5, 5.41) is 5.89. The predicted octanol–water partition coefficient (Wildman–Crippen LogP) is 2.94. The van der Waals surface area contributed by atoms with Gasteiger partial charge in [0, 0.05) is 24.1 Å². The minimum absolute atomic E-state index is 0.0562. The van der Waals surface area contributed by atoms with E-state index in [9.17, 15) is 23.2 Å². The van der Waals surface area contributed by atoms with Gasteiger partial charge in [-0.2, -0.15) is 0 Å². The summed E-state index contributed by atoms with van der Waals surface area (Å²) in [6, 6.07) is 8.21. The van der Waals surface area contributed by atoms with Crippen molar-refractivity contribution in [1.82, 2.24) is 10.6 Å². The number of nitrogens with one attached hydrogen (secondary N) is 2. The van der Waals surface area contributed by atoms with Crippen LogP contribution in [0, 0.1) is 18.6 Å². The lowest BCUT2D eigenvalue weighted by molar-refractivity contribution is -0.165. The first-order valence-corrected chi connectivity index (χ1v) is 12.9. The monoisotopic (exact) mass is 565 g/mol. The van der Waals surface area contributed by atoms with E-state index in [1.165, 1.54) is 18.2 Å². The summed E-state index contributed by atoms with van der Waals surface area (Å²) in [7, 11) is 0. The van der Waals surface area contributed by atoms with Crippen LogP contribution in [0.2, 0.25) is 5.02 Å². The molecule has 1 atom stereocenters. The number of nitrogens with two attached hydrogens (primary N) is 1. The van der Waals surface area contributed by atoms with E-state index in [1.807, 2.05) is 0 Å². The molecule has 0 spiro atoms. The summed E-state index contributed by atoms with van der Waals surface area (Å²) in [6.45, 7) is 0.574. The van der Waals surface area contributed by atoms with Gasteiger partial charge in [-0.3, -0.25) is 14.4 Å². The minimum Gasteiger partial charge on any atom is -0.484 e. The Hall–Kier alpha value is -3.44. The third-order valence-electron chi connectivity index (χ3n) is 7.30. The molecule has 0 unspecified atom stereocenters. The number of amides is 2. The molecule has 2 amide bonds. The zero-order chi connectivity index (χ0) is 28.2. The Kier molecular flexibility index (Phi) is 8.60. The molecule has 0 radical (unpaired) electrons. The Morgan fingerprint density at radius 1 is 0.949 bits per heavy atom. The molecule has 0 aromatic heterocycles. The Bertz CT molecular complexity index is 1250. The van der Waals surface area contributed by atoms with Crippen molar-refractivity contribution in [3.05, 3.63) is 58.6 Å². The van der Waals surface area contributed by atoms with E-state index >= 15 is 0 Å². The van der Waals surface area contributed by atoms with Gasteiger partial charge in [0.15, 0.2) is 13.2 Å². The average molecular weight is 566 g/mol. The molecule has 5 rings (SSSR count). The molecule has 2 aromatic rings. The number of ether oxygens (including phenoxy) is 3. The summed E-state index contributed by atoms with van der Waals surface area (Å²) in [5.74, 6) is -2.24. The van der Waals surface area contributed by atoms with E-state index in [2.05, 4.69) is 10.6 Å². The molecule has 0 heterocycles. The number of rotatable bonds is 10. The molecule has 9 nitrogen and oxygen atoms in total. The summed E-state index contributed by atoms with van der Waals surface area (Å²) < 4.78 is 43.9. The SMILES string of the molecule is Cc1ccc(OCC(=O)NC23CCC(NC(=O)COc4ccc(Cl)c(F)c4)(CC2)C[C@H]3OC(=O)CN)cc1F. The van der Waals surface area contributed by atoms with Gasteiger partial charge in [0.25, 0.3) is 11.8 Å².